The zero-order valence-electron chi connectivity index (χ0n) is 11.3. The normalized spacial score (nSPS) is 11.4. The number of pyridine rings is 1. The van der Waals surface area contributed by atoms with Crippen LogP contribution in [0.25, 0.3) is 0 Å². The van der Waals surface area contributed by atoms with Gasteiger partial charge in [-0.05, 0) is 31.2 Å². The maximum atomic E-state index is 12.6. The fourth-order valence-electron chi connectivity index (χ4n) is 1.98. The summed E-state index contributed by atoms with van der Waals surface area (Å²) in [6, 6.07) is 12.5. The molecular weight excluding hydrogens is 252 g/mol. The zero-order chi connectivity index (χ0) is 14.5. The Hall–Kier alpha value is -2.67. The molecule has 0 saturated heterocycles. The lowest BCUT2D eigenvalue weighted by Crippen LogP contribution is -2.14. The van der Waals surface area contributed by atoms with Crippen molar-refractivity contribution in [3.05, 3.63) is 59.4 Å². The summed E-state index contributed by atoms with van der Waals surface area (Å²) in [6.45, 7) is 1.89. The molecular formula is C16H14N2O2. The second-order valence-corrected chi connectivity index (χ2v) is 4.38. The average Bonchev–Trinajstić information content (AvgIpc) is 2.49. The van der Waals surface area contributed by atoms with Crippen molar-refractivity contribution in [2.45, 2.75) is 12.8 Å². The van der Waals surface area contributed by atoms with E-state index >= 15 is 0 Å². The monoisotopic (exact) mass is 266 g/mol. The first-order chi connectivity index (χ1) is 9.67. The van der Waals surface area contributed by atoms with Crippen molar-refractivity contribution in [1.29, 1.82) is 5.26 Å². The Labute approximate surface area is 117 Å². The number of hydrogen-bond acceptors (Lipinski definition) is 4. The molecule has 0 spiro atoms. The Kier molecular flexibility index (Phi) is 4.11. The third-order valence-electron chi connectivity index (χ3n) is 3.00. The van der Waals surface area contributed by atoms with Crippen LogP contribution >= 0.6 is 0 Å². The highest BCUT2D eigenvalue weighted by atomic mass is 16.5. The van der Waals surface area contributed by atoms with Gasteiger partial charge in [0, 0.05) is 6.20 Å². The van der Waals surface area contributed by atoms with Gasteiger partial charge in [0.05, 0.1) is 24.4 Å². The Morgan fingerprint density at radius 1 is 1.35 bits per heavy atom. The van der Waals surface area contributed by atoms with Crippen LogP contribution in [0.5, 0.6) is 5.75 Å². The molecule has 1 atom stereocenters. The summed E-state index contributed by atoms with van der Waals surface area (Å²) in [4.78, 5) is 16.7. The van der Waals surface area contributed by atoms with E-state index in [0.717, 1.165) is 5.56 Å². The lowest BCUT2D eigenvalue weighted by Gasteiger charge is -2.11. The van der Waals surface area contributed by atoms with E-state index in [4.69, 9.17) is 4.74 Å². The van der Waals surface area contributed by atoms with E-state index in [1.54, 1.807) is 36.5 Å². The summed E-state index contributed by atoms with van der Waals surface area (Å²) in [5.41, 5.74) is 1.79. The molecule has 2 aromatic rings. The lowest BCUT2D eigenvalue weighted by molar-refractivity contribution is 0.0974. The molecule has 0 amide bonds. The van der Waals surface area contributed by atoms with Gasteiger partial charge in [-0.15, -0.1) is 0 Å². The molecule has 0 saturated carbocycles. The highest BCUT2D eigenvalue weighted by Gasteiger charge is 2.25. The number of rotatable bonds is 4. The van der Waals surface area contributed by atoms with Crippen LogP contribution in [0, 0.1) is 18.3 Å². The highest BCUT2D eigenvalue weighted by molar-refractivity contribution is 6.04. The topological polar surface area (TPSA) is 63.0 Å². The van der Waals surface area contributed by atoms with Crippen LogP contribution < -0.4 is 4.74 Å². The van der Waals surface area contributed by atoms with Crippen LogP contribution in [0.2, 0.25) is 0 Å². The Balaban J connectivity index is 2.45. The van der Waals surface area contributed by atoms with E-state index in [1.165, 1.54) is 7.11 Å². The van der Waals surface area contributed by atoms with Gasteiger partial charge in [-0.2, -0.15) is 5.26 Å². The predicted octanol–water partition coefficient (Wildman–Crippen LogP) is 2.89. The van der Waals surface area contributed by atoms with Gasteiger partial charge < -0.3 is 4.74 Å². The van der Waals surface area contributed by atoms with Crippen LogP contribution in [0.1, 0.15) is 27.5 Å². The summed E-state index contributed by atoms with van der Waals surface area (Å²) >= 11 is 0. The molecule has 4 nitrogen and oxygen atoms in total. The highest BCUT2D eigenvalue weighted by Crippen LogP contribution is 2.26. The van der Waals surface area contributed by atoms with Crippen LogP contribution in [-0.2, 0) is 0 Å². The molecule has 0 N–H and O–H groups in total. The number of Topliss-reactive ketones (excluding diaryl/α,β-unsaturated/α-hetero) is 1. The first-order valence-corrected chi connectivity index (χ1v) is 6.16. The van der Waals surface area contributed by atoms with Gasteiger partial charge in [0.2, 0.25) is 0 Å². The quantitative estimate of drug-likeness (QED) is 0.798. The Bertz CT molecular complexity index is 660. The summed E-state index contributed by atoms with van der Waals surface area (Å²) in [7, 11) is 1.50. The first-order valence-electron chi connectivity index (χ1n) is 6.16. The lowest BCUT2D eigenvalue weighted by atomic mass is 9.94. The van der Waals surface area contributed by atoms with Crippen LogP contribution in [0.4, 0.5) is 0 Å². The smallest absolute Gasteiger partial charge is 0.189 e. The molecule has 1 aromatic heterocycles. The van der Waals surface area contributed by atoms with Crippen LogP contribution in [-0.4, -0.2) is 17.9 Å². The fourth-order valence-corrected chi connectivity index (χ4v) is 1.98. The fraction of sp³-hybridized carbons (Fsp3) is 0.188. The first kappa shape index (κ1) is 13.8. The van der Waals surface area contributed by atoms with Crippen molar-refractivity contribution in [2.75, 3.05) is 7.11 Å². The van der Waals surface area contributed by atoms with E-state index in [2.05, 4.69) is 4.98 Å². The standard InChI is InChI=1S/C16H14N2O2/c1-11-6-7-15(20-2)12(9-11)16(19)13(10-17)14-5-3-4-8-18-14/h3-9,13H,1-2H3/t13-/m1/s1. The molecule has 100 valence electrons. The number of ether oxygens (including phenoxy) is 1. The molecule has 2 rings (SSSR count). The summed E-state index contributed by atoms with van der Waals surface area (Å²) in [6.07, 6.45) is 1.57. The third-order valence-corrected chi connectivity index (χ3v) is 3.00. The molecule has 0 fully saturated rings. The van der Waals surface area contributed by atoms with Gasteiger partial charge in [0.15, 0.2) is 11.7 Å². The van der Waals surface area contributed by atoms with Crippen molar-refractivity contribution >= 4 is 5.78 Å². The van der Waals surface area contributed by atoms with E-state index < -0.39 is 5.92 Å². The molecule has 20 heavy (non-hydrogen) atoms. The van der Waals surface area contributed by atoms with E-state index in [1.807, 2.05) is 19.1 Å². The van der Waals surface area contributed by atoms with Crippen molar-refractivity contribution in [2.24, 2.45) is 0 Å². The Morgan fingerprint density at radius 3 is 2.75 bits per heavy atom. The largest absolute Gasteiger partial charge is 0.496 e. The number of carbonyl (C=O) groups excluding carboxylic acids is 1. The minimum absolute atomic E-state index is 0.299. The molecule has 1 heterocycles. The van der Waals surface area contributed by atoms with Gasteiger partial charge in [-0.1, -0.05) is 17.7 Å². The molecule has 0 aliphatic heterocycles. The SMILES string of the molecule is COc1ccc(C)cc1C(=O)[C@H](C#N)c1ccccn1. The molecule has 0 aliphatic carbocycles. The van der Waals surface area contributed by atoms with Gasteiger partial charge >= 0.3 is 0 Å². The van der Waals surface area contributed by atoms with Gasteiger partial charge in [0.25, 0.3) is 0 Å². The maximum absolute atomic E-state index is 12.6. The predicted molar refractivity (Wildman–Crippen MR) is 74.7 cm³/mol. The number of aromatic nitrogens is 1. The van der Waals surface area contributed by atoms with Crippen LogP contribution in [0.3, 0.4) is 0 Å². The average molecular weight is 266 g/mol. The number of benzene rings is 1. The second-order valence-electron chi connectivity index (χ2n) is 4.38. The van der Waals surface area contributed by atoms with Gasteiger partial charge in [-0.3, -0.25) is 9.78 Å². The van der Waals surface area contributed by atoms with Crippen molar-refractivity contribution in [1.82, 2.24) is 4.98 Å². The Morgan fingerprint density at radius 2 is 2.15 bits per heavy atom. The van der Waals surface area contributed by atoms with E-state index in [0.29, 0.717) is 17.0 Å². The molecule has 1 aromatic carbocycles. The number of nitriles is 1. The summed E-state index contributed by atoms with van der Waals surface area (Å²) < 4.78 is 5.20. The molecule has 0 unspecified atom stereocenters. The number of methoxy groups -OCH3 is 1. The number of carbonyl (C=O) groups is 1. The van der Waals surface area contributed by atoms with E-state index in [9.17, 15) is 10.1 Å². The molecule has 0 radical (unpaired) electrons. The summed E-state index contributed by atoms with van der Waals surface area (Å²) in [5.74, 6) is -0.754. The number of ketones is 1. The minimum Gasteiger partial charge on any atom is -0.496 e. The minimum atomic E-state index is -0.924. The number of hydrogen-bond donors (Lipinski definition) is 0. The number of nitrogens with zero attached hydrogens (tertiary/aromatic N) is 2. The summed E-state index contributed by atoms with van der Waals surface area (Å²) in [5, 5.41) is 9.29. The molecule has 0 aliphatic rings. The second kappa shape index (κ2) is 5.98. The van der Waals surface area contributed by atoms with E-state index in [-0.39, 0.29) is 5.78 Å². The zero-order valence-corrected chi connectivity index (χ0v) is 11.3. The van der Waals surface area contributed by atoms with Crippen molar-refractivity contribution in [3.8, 4) is 11.8 Å². The maximum Gasteiger partial charge on any atom is 0.189 e. The van der Waals surface area contributed by atoms with Gasteiger partial charge in [0.1, 0.15) is 5.75 Å². The third kappa shape index (κ3) is 2.67. The number of aryl methyl sites for hydroxylation is 1. The van der Waals surface area contributed by atoms with Crippen LogP contribution in [0.15, 0.2) is 42.6 Å². The van der Waals surface area contributed by atoms with Crippen molar-refractivity contribution < 1.29 is 9.53 Å². The van der Waals surface area contributed by atoms with Crippen molar-refractivity contribution in [3.63, 3.8) is 0 Å². The molecule has 4 heteroatoms. The molecule has 0 bridgehead atoms. The van der Waals surface area contributed by atoms with Gasteiger partial charge in [-0.25, -0.2) is 0 Å².